The summed E-state index contributed by atoms with van der Waals surface area (Å²) in [6, 6.07) is 1.18. The van der Waals surface area contributed by atoms with Crippen molar-refractivity contribution < 1.29 is 39.8 Å². The van der Waals surface area contributed by atoms with E-state index < -0.39 is 35.8 Å². The molecule has 0 aromatic heterocycles. The minimum absolute atomic E-state index is 0.00491. The molecule has 28 heavy (non-hydrogen) atoms. The van der Waals surface area contributed by atoms with Crippen LogP contribution in [0.25, 0.3) is 0 Å². The normalized spacial score (nSPS) is 12.7. The Morgan fingerprint density at radius 1 is 1.14 bits per heavy atom. The molecule has 12 nitrogen and oxygen atoms in total. The number of hydrogen-bond acceptors (Lipinski definition) is 9. The summed E-state index contributed by atoms with van der Waals surface area (Å²) in [4.78, 5) is 45.2. The van der Waals surface area contributed by atoms with Gasteiger partial charge in [-0.3, -0.25) is 24.8 Å². The van der Waals surface area contributed by atoms with Crippen LogP contribution in [0.2, 0.25) is 0 Å². The minimum Gasteiger partial charge on any atom is -0.480 e. The Balaban J connectivity index is 2.78. The maximum Gasteiger partial charge on any atom is 0.327 e. The van der Waals surface area contributed by atoms with Gasteiger partial charge in [-0.2, -0.15) is 0 Å². The van der Waals surface area contributed by atoms with Crippen molar-refractivity contribution in [2.24, 2.45) is 11.5 Å². The molecule has 13 heteroatoms. The van der Waals surface area contributed by atoms with Gasteiger partial charge in [-0.1, -0.05) is 0 Å². The number of carboxylic acid groups (broad SMARTS) is 2. The van der Waals surface area contributed by atoms with Gasteiger partial charge in [-0.05, 0) is 24.6 Å². The topological polar surface area (TPSA) is 217 Å². The third-order valence-corrected chi connectivity index (χ3v) is 4.65. The number of primary amides is 1. The van der Waals surface area contributed by atoms with Gasteiger partial charge < -0.3 is 27.0 Å². The SMILES string of the molecule is NC(=O)c1ccc(SCC(NC(=O)CCC(N)C(=O)O)C(=O)O)c(N(O)O)c1. The van der Waals surface area contributed by atoms with Crippen LogP contribution in [0, 0.1) is 0 Å². The number of carbonyl (C=O) groups is 4. The average Bonchev–Trinajstić information content (AvgIpc) is 2.62. The Kier molecular flexibility index (Phi) is 8.66. The molecule has 0 saturated heterocycles. The van der Waals surface area contributed by atoms with Crippen LogP contribution in [0.1, 0.15) is 23.2 Å². The van der Waals surface area contributed by atoms with Crippen molar-refractivity contribution in [1.82, 2.24) is 5.32 Å². The van der Waals surface area contributed by atoms with E-state index in [1.54, 1.807) is 0 Å². The fourth-order valence-corrected chi connectivity index (χ4v) is 3.00. The van der Waals surface area contributed by atoms with E-state index >= 15 is 0 Å². The summed E-state index contributed by atoms with van der Waals surface area (Å²) in [7, 11) is 0. The maximum absolute atomic E-state index is 11.8. The second-order valence-electron chi connectivity index (χ2n) is 5.59. The summed E-state index contributed by atoms with van der Waals surface area (Å²) >= 11 is 0.875. The molecule has 0 spiro atoms. The van der Waals surface area contributed by atoms with Gasteiger partial charge in [0.15, 0.2) is 0 Å². The van der Waals surface area contributed by atoms with Crippen LogP contribution in [0.4, 0.5) is 5.69 Å². The van der Waals surface area contributed by atoms with Crippen molar-refractivity contribution in [2.45, 2.75) is 29.8 Å². The first-order chi connectivity index (χ1) is 13.0. The lowest BCUT2D eigenvalue weighted by atomic mass is 10.1. The van der Waals surface area contributed by atoms with Crippen molar-refractivity contribution in [3.63, 3.8) is 0 Å². The lowest BCUT2D eigenvalue weighted by Crippen LogP contribution is -2.43. The fraction of sp³-hybridized carbons (Fsp3) is 0.333. The lowest BCUT2D eigenvalue weighted by Gasteiger charge is -2.17. The third kappa shape index (κ3) is 7.03. The number of carbonyl (C=O) groups excluding carboxylic acids is 2. The number of nitrogens with two attached hydrogens (primary N) is 2. The van der Waals surface area contributed by atoms with Gasteiger partial charge in [0.1, 0.15) is 17.8 Å². The fourth-order valence-electron chi connectivity index (χ4n) is 1.97. The van der Waals surface area contributed by atoms with Gasteiger partial charge >= 0.3 is 11.9 Å². The summed E-state index contributed by atoms with van der Waals surface area (Å²) in [5.74, 6) is -4.30. The molecule has 1 aromatic carbocycles. The van der Waals surface area contributed by atoms with Crippen LogP contribution in [0.3, 0.4) is 0 Å². The van der Waals surface area contributed by atoms with E-state index in [9.17, 15) is 34.7 Å². The van der Waals surface area contributed by atoms with E-state index in [0.717, 1.165) is 17.8 Å². The number of rotatable bonds is 11. The number of nitrogens with zero attached hydrogens (tertiary/aromatic N) is 1. The Morgan fingerprint density at radius 3 is 2.29 bits per heavy atom. The van der Waals surface area contributed by atoms with Gasteiger partial charge in [0.25, 0.3) is 0 Å². The number of aliphatic carboxylic acids is 2. The molecular formula is C15H20N4O8S. The highest BCUT2D eigenvalue weighted by molar-refractivity contribution is 7.99. The van der Waals surface area contributed by atoms with Crippen LogP contribution in [0.15, 0.2) is 23.1 Å². The molecular weight excluding hydrogens is 396 g/mol. The first-order valence-corrected chi connectivity index (χ1v) is 8.76. The van der Waals surface area contributed by atoms with Crippen molar-refractivity contribution in [1.29, 1.82) is 0 Å². The number of hydrogen-bond donors (Lipinski definition) is 7. The molecule has 154 valence electrons. The van der Waals surface area contributed by atoms with Crippen molar-refractivity contribution >= 4 is 41.2 Å². The van der Waals surface area contributed by atoms with E-state index in [0.29, 0.717) is 0 Å². The van der Waals surface area contributed by atoms with Crippen molar-refractivity contribution in [2.75, 3.05) is 11.0 Å². The third-order valence-electron chi connectivity index (χ3n) is 3.50. The molecule has 0 radical (unpaired) electrons. The predicted octanol–water partition coefficient (Wildman–Crippen LogP) is -0.776. The van der Waals surface area contributed by atoms with E-state index in [1.165, 1.54) is 12.1 Å². The first kappa shape index (κ1) is 23.2. The molecule has 0 saturated carbocycles. The van der Waals surface area contributed by atoms with E-state index in [4.69, 9.17) is 16.6 Å². The Hall–Kier alpha value is -2.87. The van der Waals surface area contributed by atoms with Crippen LogP contribution >= 0.6 is 11.8 Å². The van der Waals surface area contributed by atoms with E-state index in [2.05, 4.69) is 5.32 Å². The molecule has 0 fully saturated rings. The highest BCUT2D eigenvalue weighted by Crippen LogP contribution is 2.30. The van der Waals surface area contributed by atoms with Gasteiger partial charge in [-0.15, -0.1) is 17.0 Å². The Labute approximate surface area is 163 Å². The van der Waals surface area contributed by atoms with Crippen molar-refractivity contribution in [3.8, 4) is 0 Å². The van der Waals surface area contributed by atoms with Crippen LogP contribution < -0.4 is 22.0 Å². The zero-order valence-corrected chi connectivity index (χ0v) is 15.3. The molecule has 1 aromatic rings. The average molecular weight is 416 g/mol. The smallest absolute Gasteiger partial charge is 0.327 e. The second kappa shape index (κ2) is 10.5. The molecule has 0 aliphatic heterocycles. The molecule has 9 N–H and O–H groups in total. The van der Waals surface area contributed by atoms with E-state index in [-0.39, 0.29) is 40.0 Å². The zero-order valence-electron chi connectivity index (χ0n) is 14.4. The van der Waals surface area contributed by atoms with Gasteiger partial charge in [0.2, 0.25) is 11.8 Å². The van der Waals surface area contributed by atoms with Crippen LogP contribution in [-0.2, 0) is 14.4 Å². The van der Waals surface area contributed by atoms with Crippen molar-refractivity contribution in [3.05, 3.63) is 23.8 Å². The molecule has 2 atom stereocenters. The second-order valence-corrected chi connectivity index (χ2v) is 6.65. The molecule has 0 bridgehead atoms. The largest absolute Gasteiger partial charge is 0.480 e. The first-order valence-electron chi connectivity index (χ1n) is 7.78. The molecule has 1 rings (SSSR count). The molecule has 0 aliphatic rings. The molecule has 2 unspecified atom stereocenters. The highest BCUT2D eigenvalue weighted by Gasteiger charge is 2.22. The molecule has 0 aliphatic carbocycles. The van der Waals surface area contributed by atoms with Gasteiger partial charge in [0.05, 0.1) is 0 Å². The maximum atomic E-state index is 11.8. The number of amides is 2. The summed E-state index contributed by atoms with van der Waals surface area (Å²) < 4.78 is 0. The molecule has 0 heterocycles. The Bertz CT molecular complexity index is 758. The van der Waals surface area contributed by atoms with Crippen LogP contribution in [-0.4, -0.2) is 62.2 Å². The summed E-state index contributed by atoms with van der Waals surface area (Å²) in [5, 5.41) is 38.5. The summed E-state index contributed by atoms with van der Waals surface area (Å²) in [6.45, 7) is 0. The zero-order chi connectivity index (χ0) is 21.4. The number of thioether (sulfide) groups is 1. The van der Waals surface area contributed by atoms with E-state index in [1.807, 2.05) is 0 Å². The number of anilines is 1. The standard InChI is InChI=1S/C15H20N4O8S/c16-8(14(22)23)2-4-12(20)18-9(15(24)25)6-28-11-3-1-7(13(17)21)5-10(11)19(26)27/h1,3,5,8-9,26-27H,2,4,6,16H2,(H2,17,21)(H,18,20)(H,22,23)(H,24,25). The summed E-state index contributed by atoms with van der Waals surface area (Å²) in [5.41, 5.74) is 10.2. The number of carboxylic acids is 2. The quantitative estimate of drug-likeness (QED) is 0.175. The predicted molar refractivity (Wildman–Crippen MR) is 96.1 cm³/mol. The monoisotopic (exact) mass is 416 g/mol. The molecule has 2 amide bonds. The van der Waals surface area contributed by atoms with Gasteiger partial charge in [0, 0.05) is 22.6 Å². The number of nitrogens with one attached hydrogen (secondary N) is 1. The highest BCUT2D eigenvalue weighted by atomic mass is 32.2. The number of benzene rings is 1. The van der Waals surface area contributed by atoms with Crippen LogP contribution in [0.5, 0.6) is 0 Å². The minimum atomic E-state index is -1.34. The van der Waals surface area contributed by atoms with Gasteiger partial charge in [-0.25, -0.2) is 4.79 Å². The lowest BCUT2D eigenvalue weighted by molar-refractivity contribution is -0.141. The summed E-state index contributed by atoms with van der Waals surface area (Å²) in [6.07, 6.45) is -0.440. The Morgan fingerprint density at radius 2 is 1.79 bits per heavy atom.